The summed E-state index contributed by atoms with van der Waals surface area (Å²) in [5.74, 6) is 0.681. The van der Waals surface area contributed by atoms with E-state index in [-0.39, 0.29) is 29.0 Å². The van der Waals surface area contributed by atoms with E-state index < -0.39 is 0 Å². The predicted molar refractivity (Wildman–Crippen MR) is 118 cm³/mol. The lowest BCUT2D eigenvalue weighted by molar-refractivity contribution is -0.121. The molecule has 1 aliphatic carbocycles. The van der Waals surface area contributed by atoms with Crippen LogP contribution in [0.25, 0.3) is 10.9 Å². The van der Waals surface area contributed by atoms with Gasteiger partial charge in [0.25, 0.3) is 5.56 Å². The van der Waals surface area contributed by atoms with E-state index in [0.717, 1.165) is 25.7 Å². The zero-order chi connectivity index (χ0) is 22.0. The number of methoxy groups -OCH3 is 1. The Morgan fingerprint density at radius 3 is 2.65 bits per heavy atom. The molecule has 1 saturated carbocycles. The first-order valence-corrected chi connectivity index (χ1v) is 10.5. The van der Waals surface area contributed by atoms with Gasteiger partial charge >= 0.3 is 5.69 Å². The maximum atomic E-state index is 13.0. The molecule has 1 N–H and O–H groups in total. The van der Waals surface area contributed by atoms with Crippen LogP contribution in [0, 0.1) is 11.8 Å². The average Bonchev–Trinajstić information content (AvgIpc) is 2.81. The topological polar surface area (TPSA) is 95.2 Å². The molecule has 4 rings (SSSR count). The molecule has 3 aromatic rings. The van der Waals surface area contributed by atoms with Crippen molar-refractivity contribution in [1.82, 2.24) is 14.1 Å². The van der Waals surface area contributed by atoms with E-state index in [1.54, 1.807) is 50.8 Å². The fourth-order valence-electron chi connectivity index (χ4n) is 4.33. The molecule has 1 amide bonds. The van der Waals surface area contributed by atoms with Crippen molar-refractivity contribution < 1.29 is 9.53 Å². The molecule has 162 valence electrons. The highest BCUT2D eigenvalue weighted by molar-refractivity contribution is 5.92. The van der Waals surface area contributed by atoms with Crippen molar-refractivity contribution in [3.63, 3.8) is 0 Å². The quantitative estimate of drug-likeness (QED) is 0.682. The average molecular weight is 422 g/mol. The minimum atomic E-state index is -0.320. The summed E-state index contributed by atoms with van der Waals surface area (Å²) in [5, 5.41) is 3.37. The van der Waals surface area contributed by atoms with Crippen molar-refractivity contribution >= 4 is 22.5 Å². The van der Waals surface area contributed by atoms with Crippen molar-refractivity contribution in [3.05, 3.63) is 63.6 Å². The number of nitrogens with one attached hydrogen (secondary N) is 1. The van der Waals surface area contributed by atoms with Gasteiger partial charge in [-0.2, -0.15) is 0 Å². The van der Waals surface area contributed by atoms with Crippen LogP contribution in [0.2, 0.25) is 0 Å². The van der Waals surface area contributed by atoms with Crippen LogP contribution in [-0.4, -0.2) is 27.1 Å². The lowest BCUT2D eigenvalue weighted by atomic mass is 9.81. The van der Waals surface area contributed by atoms with Gasteiger partial charge in [0.1, 0.15) is 5.75 Å². The van der Waals surface area contributed by atoms with Gasteiger partial charge in [-0.3, -0.25) is 23.7 Å². The van der Waals surface area contributed by atoms with Crippen LogP contribution in [-0.2, 0) is 18.4 Å². The number of fused-ring (bicyclic) bond motifs is 1. The largest absolute Gasteiger partial charge is 0.497 e. The van der Waals surface area contributed by atoms with Gasteiger partial charge in [0.2, 0.25) is 5.91 Å². The Kier molecular flexibility index (Phi) is 5.88. The Labute approximate surface area is 179 Å². The van der Waals surface area contributed by atoms with E-state index in [1.165, 1.54) is 9.13 Å². The number of amides is 1. The lowest BCUT2D eigenvalue weighted by Crippen LogP contribution is -2.41. The predicted octanol–water partition coefficient (Wildman–Crippen LogP) is 2.55. The molecule has 2 aromatic heterocycles. The summed E-state index contributed by atoms with van der Waals surface area (Å²) in [5.41, 5.74) is 0.659. The van der Waals surface area contributed by atoms with Gasteiger partial charge < -0.3 is 10.1 Å². The molecular formula is C23H26N4O4. The molecular weight excluding hydrogens is 396 g/mol. The first-order valence-electron chi connectivity index (χ1n) is 10.5. The number of rotatable bonds is 5. The number of aryl methyl sites for hydroxylation is 1. The van der Waals surface area contributed by atoms with Crippen molar-refractivity contribution in [2.24, 2.45) is 18.9 Å². The van der Waals surface area contributed by atoms with Crippen molar-refractivity contribution in [2.75, 3.05) is 12.4 Å². The van der Waals surface area contributed by atoms with Crippen LogP contribution in [0.15, 0.2) is 52.3 Å². The van der Waals surface area contributed by atoms with Crippen molar-refractivity contribution in [1.29, 1.82) is 0 Å². The summed E-state index contributed by atoms with van der Waals surface area (Å²) in [6.45, 7) is 0.357. The Hall–Kier alpha value is -3.42. The number of ether oxygens (including phenoxy) is 1. The van der Waals surface area contributed by atoms with Gasteiger partial charge in [-0.05, 0) is 61.9 Å². The van der Waals surface area contributed by atoms with Gasteiger partial charge in [0.05, 0.1) is 29.9 Å². The van der Waals surface area contributed by atoms with Crippen LogP contribution in [0.1, 0.15) is 25.7 Å². The molecule has 8 heteroatoms. The maximum Gasteiger partial charge on any atom is 0.331 e. The second-order valence-corrected chi connectivity index (χ2v) is 8.09. The first-order chi connectivity index (χ1) is 15.0. The number of anilines is 1. The monoisotopic (exact) mass is 422 g/mol. The van der Waals surface area contributed by atoms with Crippen LogP contribution in [0.3, 0.4) is 0 Å². The summed E-state index contributed by atoms with van der Waals surface area (Å²) >= 11 is 0. The normalized spacial score (nSPS) is 18.6. The number of hydrogen-bond acceptors (Lipinski definition) is 5. The SMILES string of the molecule is COc1ccc2c(c1)c(=O)n(CC1CCC(C(=O)Nc3cccnc3)CC1)c(=O)n2C. The summed E-state index contributed by atoms with van der Waals surface area (Å²) < 4.78 is 8.06. The van der Waals surface area contributed by atoms with Crippen molar-refractivity contribution in [3.8, 4) is 5.75 Å². The third kappa shape index (κ3) is 4.23. The van der Waals surface area contributed by atoms with Gasteiger partial charge in [-0.1, -0.05) is 0 Å². The number of benzene rings is 1. The second kappa shape index (κ2) is 8.75. The minimum Gasteiger partial charge on any atom is -0.497 e. The Morgan fingerprint density at radius 1 is 1.19 bits per heavy atom. The number of carbonyl (C=O) groups excluding carboxylic acids is 1. The molecule has 0 aliphatic heterocycles. The van der Waals surface area contributed by atoms with E-state index in [2.05, 4.69) is 10.3 Å². The lowest BCUT2D eigenvalue weighted by Gasteiger charge is -2.28. The Bertz CT molecular complexity index is 1210. The Balaban J connectivity index is 1.48. The summed E-state index contributed by atoms with van der Waals surface area (Å²) in [6.07, 6.45) is 6.32. The summed E-state index contributed by atoms with van der Waals surface area (Å²) in [6, 6.07) is 8.74. The molecule has 2 heterocycles. The molecule has 0 radical (unpaired) electrons. The van der Waals surface area contributed by atoms with E-state index in [1.807, 2.05) is 6.07 Å². The van der Waals surface area contributed by atoms with E-state index in [4.69, 9.17) is 4.74 Å². The number of hydrogen-bond donors (Lipinski definition) is 1. The molecule has 0 saturated heterocycles. The van der Waals surface area contributed by atoms with Crippen LogP contribution >= 0.6 is 0 Å². The molecule has 0 bridgehead atoms. The number of nitrogens with zero attached hydrogens (tertiary/aromatic N) is 3. The molecule has 0 unspecified atom stereocenters. The zero-order valence-corrected chi connectivity index (χ0v) is 17.7. The van der Waals surface area contributed by atoms with E-state index in [9.17, 15) is 14.4 Å². The summed E-state index contributed by atoms with van der Waals surface area (Å²) in [4.78, 5) is 42.4. The first kappa shape index (κ1) is 20.8. The third-order valence-electron chi connectivity index (χ3n) is 6.15. The molecule has 1 aromatic carbocycles. The minimum absolute atomic E-state index is 0.00247. The fraction of sp³-hybridized carbons (Fsp3) is 0.391. The highest BCUT2D eigenvalue weighted by Gasteiger charge is 2.27. The number of aromatic nitrogens is 3. The molecule has 0 spiro atoms. The highest BCUT2D eigenvalue weighted by Crippen LogP contribution is 2.30. The highest BCUT2D eigenvalue weighted by atomic mass is 16.5. The van der Waals surface area contributed by atoms with Crippen LogP contribution in [0.5, 0.6) is 5.75 Å². The van der Waals surface area contributed by atoms with Gasteiger partial charge in [-0.15, -0.1) is 0 Å². The Morgan fingerprint density at radius 2 is 1.97 bits per heavy atom. The fourth-order valence-corrected chi connectivity index (χ4v) is 4.33. The zero-order valence-electron chi connectivity index (χ0n) is 17.7. The standard InChI is InChI=1S/C23H26N4O4/c1-26-20-10-9-18(31-2)12-19(20)22(29)27(23(26)30)14-15-5-7-16(8-6-15)21(28)25-17-4-3-11-24-13-17/h3-4,9-13,15-16H,5-8,14H2,1-2H3,(H,25,28). The number of carbonyl (C=O) groups is 1. The summed E-state index contributed by atoms with van der Waals surface area (Å²) in [7, 11) is 3.22. The van der Waals surface area contributed by atoms with E-state index >= 15 is 0 Å². The van der Waals surface area contributed by atoms with E-state index in [0.29, 0.717) is 28.9 Å². The maximum absolute atomic E-state index is 13.0. The smallest absolute Gasteiger partial charge is 0.331 e. The van der Waals surface area contributed by atoms with Crippen molar-refractivity contribution in [2.45, 2.75) is 32.2 Å². The van der Waals surface area contributed by atoms with Crippen LogP contribution < -0.4 is 21.3 Å². The number of pyridine rings is 1. The van der Waals surface area contributed by atoms with Gasteiger partial charge in [0.15, 0.2) is 0 Å². The second-order valence-electron chi connectivity index (χ2n) is 8.09. The molecule has 1 fully saturated rings. The molecule has 0 atom stereocenters. The molecule has 31 heavy (non-hydrogen) atoms. The third-order valence-corrected chi connectivity index (χ3v) is 6.15. The molecule has 1 aliphatic rings. The van der Waals surface area contributed by atoms with Gasteiger partial charge in [0, 0.05) is 25.7 Å². The van der Waals surface area contributed by atoms with Crippen LogP contribution in [0.4, 0.5) is 5.69 Å². The van der Waals surface area contributed by atoms with Gasteiger partial charge in [-0.25, -0.2) is 4.79 Å². The molecule has 8 nitrogen and oxygen atoms in total.